The Balaban J connectivity index is 1.60. The molecule has 0 amide bonds. The smallest absolute Gasteiger partial charge is 0.135 e. The standard InChI is InChI=1S/C18H24N4O/c23-14-4-9-21-10-12-22(13-11-21)18-7-8-19-17(20-18)15-16-5-2-1-3-6-16/h1-3,5-8,23H,4,9-15H2. The molecule has 2 aromatic rings. The van der Waals surface area contributed by atoms with Crippen LogP contribution in [0.4, 0.5) is 5.82 Å². The molecule has 5 heteroatoms. The molecular weight excluding hydrogens is 288 g/mol. The topological polar surface area (TPSA) is 52.5 Å². The van der Waals surface area contributed by atoms with Gasteiger partial charge in [-0.15, -0.1) is 0 Å². The maximum absolute atomic E-state index is 8.92. The number of nitrogens with zero attached hydrogens (tertiary/aromatic N) is 4. The summed E-state index contributed by atoms with van der Waals surface area (Å²) >= 11 is 0. The highest BCUT2D eigenvalue weighted by atomic mass is 16.3. The Morgan fingerprint density at radius 2 is 1.78 bits per heavy atom. The lowest BCUT2D eigenvalue weighted by molar-refractivity contribution is 0.215. The van der Waals surface area contributed by atoms with Crippen LogP contribution >= 0.6 is 0 Å². The van der Waals surface area contributed by atoms with Crippen molar-refractivity contribution in [1.29, 1.82) is 0 Å². The number of hydrogen-bond donors (Lipinski definition) is 1. The highest BCUT2D eigenvalue weighted by Crippen LogP contribution is 2.14. The van der Waals surface area contributed by atoms with E-state index in [9.17, 15) is 0 Å². The van der Waals surface area contributed by atoms with Gasteiger partial charge in [0.2, 0.25) is 0 Å². The second kappa shape index (κ2) is 8.04. The molecule has 0 spiro atoms. The average Bonchev–Trinajstić information content (AvgIpc) is 2.61. The van der Waals surface area contributed by atoms with Gasteiger partial charge in [-0.05, 0) is 18.1 Å². The molecule has 1 N–H and O–H groups in total. The molecule has 0 aliphatic carbocycles. The largest absolute Gasteiger partial charge is 0.396 e. The van der Waals surface area contributed by atoms with E-state index < -0.39 is 0 Å². The van der Waals surface area contributed by atoms with Gasteiger partial charge < -0.3 is 10.0 Å². The average molecular weight is 312 g/mol. The van der Waals surface area contributed by atoms with Crippen LogP contribution in [-0.4, -0.2) is 59.3 Å². The summed E-state index contributed by atoms with van der Waals surface area (Å²) in [5, 5.41) is 8.92. The first-order chi connectivity index (χ1) is 11.3. The van der Waals surface area contributed by atoms with Gasteiger partial charge in [-0.1, -0.05) is 30.3 Å². The zero-order valence-corrected chi connectivity index (χ0v) is 13.4. The van der Waals surface area contributed by atoms with E-state index in [0.717, 1.165) is 57.2 Å². The molecule has 1 saturated heterocycles. The van der Waals surface area contributed by atoms with Crippen LogP contribution in [0, 0.1) is 0 Å². The Labute approximate surface area is 137 Å². The quantitative estimate of drug-likeness (QED) is 0.877. The number of hydrogen-bond acceptors (Lipinski definition) is 5. The minimum absolute atomic E-state index is 0.273. The number of aliphatic hydroxyl groups excluding tert-OH is 1. The fourth-order valence-electron chi connectivity index (χ4n) is 2.92. The third-order valence-corrected chi connectivity index (χ3v) is 4.22. The van der Waals surface area contributed by atoms with Crippen molar-refractivity contribution < 1.29 is 5.11 Å². The Hall–Kier alpha value is -1.98. The van der Waals surface area contributed by atoms with Gasteiger partial charge in [0.1, 0.15) is 11.6 Å². The maximum atomic E-state index is 8.92. The molecule has 0 unspecified atom stereocenters. The molecular formula is C18H24N4O. The van der Waals surface area contributed by atoms with Crippen molar-refractivity contribution in [3.8, 4) is 0 Å². The normalized spacial score (nSPS) is 15.8. The van der Waals surface area contributed by atoms with Gasteiger partial charge in [0.25, 0.3) is 0 Å². The SMILES string of the molecule is OCCCN1CCN(c2ccnc(Cc3ccccc3)n2)CC1. The van der Waals surface area contributed by atoms with E-state index in [-0.39, 0.29) is 6.61 Å². The summed E-state index contributed by atoms with van der Waals surface area (Å²) in [5.74, 6) is 1.89. The number of piperazine rings is 1. The third-order valence-electron chi connectivity index (χ3n) is 4.22. The van der Waals surface area contributed by atoms with Crippen molar-refractivity contribution in [2.45, 2.75) is 12.8 Å². The van der Waals surface area contributed by atoms with E-state index in [4.69, 9.17) is 10.1 Å². The second-order valence-electron chi connectivity index (χ2n) is 5.90. The predicted molar refractivity (Wildman–Crippen MR) is 91.6 cm³/mol. The zero-order valence-electron chi connectivity index (χ0n) is 13.4. The van der Waals surface area contributed by atoms with E-state index >= 15 is 0 Å². The van der Waals surface area contributed by atoms with Crippen LogP contribution in [0.15, 0.2) is 42.6 Å². The summed E-state index contributed by atoms with van der Waals surface area (Å²) in [5.41, 5.74) is 1.23. The molecule has 1 aliphatic heterocycles. The lowest BCUT2D eigenvalue weighted by Crippen LogP contribution is -2.47. The molecule has 23 heavy (non-hydrogen) atoms. The first-order valence-corrected chi connectivity index (χ1v) is 8.29. The fraction of sp³-hybridized carbons (Fsp3) is 0.444. The van der Waals surface area contributed by atoms with Gasteiger partial charge in [0.05, 0.1) is 0 Å². The number of benzene rings is 1. The third kappa shape index (κ3) is 4.50. The summed E-state index contributed by atoms with van der Waals surface area (Å²) in [7, 11) is 0. The van der Waals surface area contributed by atoms with Gasteiger partial charge in [0, 0.05) is 51.9 Å². The lowest BCUT2D eigenvalue weighted by atomic mass is 10.1. The number of anilines is 1. The fourth-order valence-corrected chi connectivity index (χ4v) is 2.92. The summed E-state index contributed by atoms with van der Waals surface area (Å²) in [6.45, 7) is 5.26. The minimum atomic E-state index is 0.273. The van der Waals surface area contributed by atoms with Crippen LogP contribution < -0.4 is 4.90 Å². The van der Waals surface area contributed by atoms with Gasteiger partial charge in [-0.2, -0.15) is 0 Å². The number of rotatable bonds is 6. The Bertz CT molecular complexity index is 597. The molecule has 1 fully saturated rings. The molecule has 0 bridgehead atoms. The summed E-state index contributed by atoms with van der Waals surface area (Å²) < 4.78 is 0. The molecule has 3 rings (SSSR count). The highest BCUT2D eigenvalue weighted by molar-refractivity contribution is 5.38. The summed E-state index contributed by atoms with van der Waals surface area (Å²) in [6.07, 6.45) is 3.48. The van der Waals surface area contributed by atoms with Crippen molar-refractivity contribution in [1.82, 2.24) is 14.9 Å². The molecule has 0 atom stereocenters. The minimum Gasteiger partial charge on any atom is -0.396 e. The number of aromatic nitrogens is 2. The first kappa shape index (κ1) is 15.9. The van der Waals surface area contributed by atoms with E-state index in [0.29, 0.717) is 0 Å². The van der Waals surface area contributed by atoms with Crippen molar-refractivity contribution in [2.75, 3.05) is 44.2 Å². The monoisotopic (exact) mass is 312 g/mol. The van der Waals surface area contributed by atoms with Crippen molar-refractivity contribution in [3.63, 3.8) is 0 Å². The van der Waals surface area contributed by atoms with Crippen LogP contribution in [-0.2, 0) is 6.42 Å². The number of aliphatic hydroxyl groups is 1. The molecule has 122 valence electrons. The molecule has 1 aromatic heterocycles. The van der Waals surface area contributed by atoms with Gasteiger partial charge in [-0.3, -0.25) is 4.90 Å². The Kier molecular flexibility index (Phi) is 5.56. The zero-order chi connectivity index (χ0) is 15.9. The highest BCUT2D eigenvalue weighted by Gasteiger charge is 2.17. The molecule has 2 heterocycles. The van der Waals surface area contributed by atoms with Crippen LogP contribution in [0.5, 0.6) is 0 Å². The van der Waals surface area contributed by atoms with Crippen LogP contribution in [0.2, 0.25) is 0 Å². The van der Waals surface area contributed by atoms with Gasteiger partial charge >= 0.3 is 0 Å². The lowest BCUT2D eigenvalue weighted by Gasteiger charge is -2.35. The van der Waals surface area contributed by atoms with Gasteiger partial charge in [-0.25, -0.2) is 9.97 Å². The molecule has 1 aliphatic rings. The maximum Gasteiger partial charge on any atom is 0.135 e. The van der Waals surface area contributed by atoms with Crippen molar-refractivity contribution in [2.24, 2.45) is 0 Å². The second-order valence-corrected chi connectivity index (χ2v) is 5.90. The Morgan fingerprint density at radius 1 is 1.00 bits per heavy atom. The van der Waals surface area contributed by atoms with Crippen molar-refractivity contribution in [3.05, 3.63) is 54.0 Å². The molecule has 1 aromatic carbocycles. The van der Waals surface area contributed by atoms with Crippen LogP contribution in [0.25, 0.3) is 0 Å². The van der Waals surface area contributed by atoms with E-state index in [1.807, 2.05) is 30.5 Å². The van der Waals surface area contributed by atoms with Crippen LogP contribution in [0.3, 0.4) is 0 Å². The van der Waals surface area contributed by atoms with Crippen LogP contribution in [0.1, 0.15) is 17.8 Å². The summed E-state index contributed by atoms with van der Waals surface area (Å²) in [6, 6.07) is 12.3. The van der Waals surface area contributed by atoms with E-state index in [1.54, 1.807) is 0 Å². The van der Waals surface area contributed by atoms with E-state index in [2.05, 4.69) is 26.9 Å². The van der Waals surface area contributed by atoms with E-state index in [1.165, 1.54) is 5.56 Å². The molecule has 0 saturated carbocycles. The summed E-state index contributed by atoms with van der Waals surface area (Å²) in [4.78, 5) is 13.9. The first-order valence-electron chi connectivity index (χ1n) is 8.29. The predicted octanol–water partition coefficient (Wildman–Crippen LogP) is 1.57. The van der Waals surface area contributed by atoms with Crippen molar-refractivity contribution >= 4 is 5.82 Å². The van der Waals surface area contributed by atoms with Gasteiger partial charge in [0.15, 0.2) is 0 Å². The molecule has 5 nitrogen and oxygen atoms in total. The Morgan fingerprint density at radius 3 is 2.52 bits per heavy atom. The molecule has 0 radical (unpaired) electrons.